The number of aryl methyl sites for hydroxylation is 2. The second-order valence-electron chi connectivity index (χ2n) is 6.11. The van der Waals surface area contributed by atoms with Crippen LogP contribution in [0.25, 0.3) is 11.8 Å². The number of aliphatic imine (C=N–C) groups is 1. The fourth-order valence-corrected chi connectivity index (χ4v) is 3.72. The predicted molar refractivity (Wildman–Crippen MR) is 106 cm³/mol. The van der Waals surface area contributed by atoms with Gasteiger partial charge < -0.3 is 9.88 Å². The molecule has 0 bridgehead atoms. The third kappa shape index (κ3) is 3.58. The van der Waals surface area contributed by atoms with Crippen LogP contribution in [0.2, 0.25) is 0 Å². The lowest BCUT2D eigenvalue weighted by Crippen LogP contribution is -2.28. The van der Waals surface area contributed by atoms with Crippen LogP contribution in [0.15, 0.2) is 40.9 Å². The van der Waals surface area contributed by atoms with Crippen molar-refractivity contribution in [1.82, 2.24) is 9.88 Å². The monoisotopic (exact) mass is 364 g/mol. The van der Waals surface area contributed by atoms with E-state index in [0.717, 1.165) is 28.4 Å². The van der Waals surface area contributed by atoms with Crippen LogP contribution in [-0.2, 0) is 4.79 Å². The number of benzene rings is 1. The van der Waals surface area contributed by atoms with E-state index in [1.165, 1.54) is 17.3 Å². The molecule has 0 saturated carbocycles. The molecule has 0 unspecified atom stereocenters. The van der Waals surface area contributed by atoms with Gasteiger partial charge in [0.2, 0.25) is 0 Å². The number of carbonyl (C=O) groups is 1. The highest BCUT2D eigenvalue weighted by Crippen LogP contribution is 2.24. The Morgan fingerprint density at radius 2 is 2.12 bits per heavy atom. The molecule has 6 heteroatoms. The number of hydrogen-bond donors (Lipinski definition) is 1. The standard InChI is InChI=1S/C20H20N4OS/c1-13-6-4-5-7-18(13)24-14(2)10-16(15(24)3)11-17(12-21)19(25)23-20-22-8-9-26-20/h4-7,10-11H,8-9H2,1-3H3,(H,22,23,25). The molecule has 132 valence electrons. The molecule has 0 spiro atoms. The van der Waals surface area contributed by atoms with Crippen LogP contribution in [0, 0.1) is 32.1 Å². The average Bonchev–Trinajstić information content (AvgIpc) is 3.22. The van der Waals surface area contributed by atoms with Gasteiger partial charge in [0.05, 0.1) is 6.54 Å². The van der Waals surface area contributed by atoms with Crippen LogP contribution in [0.3, 0.4) is 0 Å². The molecule has 5 nitrogen and oxygen atoms in total. The van der Waals surface area contributed by atoms with Crippen molar-refractivity contribution in [2.45, 2.75) is 20.8 Å². The van der Waals surface area contributed by atoms with E-state index in [-0.39, 0.29) is 5.57 Å². The number of amidine groups is 1. The van der Waals surface area contributed by atoms with Crippen LogP contribution < -0.4 is 5.32 Å². The topological polar surface area (TPSA) is 70.2 Å². The van der Waals surface area contributed by atoms with E-state index >= 15 is 0 Å². The fraction of sp³-hybridized carbons (Fsp3) is 0.250. The number of nitrogens with one attached hydrogen (secondary N) is 1. The molecule has 1 aromatic carbocycles. The molecule has 0 aliphatic carbocycles. The molecule has 2 aromatic rings. The molecule has 1 aromatic heterocycles. The Morgan fingerprint density at radius 3 is 2.77 bits per heavy atom. The van der Waals surface area contributed by atoms with E-state index in [1.807, 2.05) is 38.1 Å². The van der Waals surface area contributed by atoms with E-state index in [1.54, 1.807) is 6.08 Å². The van der Waals surface area contributed by atoms with Crippen molar-refractivity contribution in [1.29, 1.82) is 5.26 Å². The molecule has 26 heavy (non-hydrogen) atoms. The number of para-hydroxylation sites is 1. The van der Waals surface area contributed by atoms with Gasteiger partial charge in [0.15, 0.2) is 5.17 Å². The molecular weight excluding hydrogens is 344 g/mol. The van der Waals surface area contributed by atoms with Crippen LogP contribution >= 0.6 is 11.8 Å². The zero-order valence-electron chi connectivity index (χ0n) is 15.0. The number of rotatable bonds is 3. The fourth-order valence-electron chi connectivity index (χ4n) is 3.00. The normalized spacial score (nSPS) is 14.1. The third-order valence-corrected chi connectivity index (χ3v) is 5.19. The summed E-state index contributed by atoms with van der Waals surface area (Å²) in [6, 6.07) is 12.1. The lowest BCUT2D eigenvalue weighted by molar-refractivity contribution is -0.115. The molecule has 0 atom stereocenters. The van der Waals surface area contributed by atoms with Gasteiger partial charge in [-0.2, -0.15) is 5.26 Å². The number of nitrogens with zero attached hydrogens (tertiary/aromatic N) is 3. The Morgan fingerprint density at radius 1 is 1.35 bits per heavy atom. The van der Waals surface area contributed by atoms with Gasteiger partial charge in [-0.25, -0.2) is 0 Å². The Labute approximate surface area is 157 Å². The van der Waals surface area contributed by atoms with Crippen LogP contribution in [0.5, 0.6) is 0 Å². The highest BCUT2D eigenvalue weighted by Gasteiger charge is 2.17. The van der Waals surface area contributed by atoms with E-state index in [2.05, 4.69) is 33.9 Å². The first-order valence-electron chi connectivity index (χ1n) is 8.36. The van der Waals surface area contributed by atoms with Gasteiger partial charge >= 0.3 is 0 Å². The van der Waals surface area contributed by atoms with E-state index < -0.39 is 5.91 Å². The molecule has 0 saturated heterocycles. The second-order valence-corrected chi connectivity index (χ2v) is 7.19. The highest BCUT2D eigenvalue weighted by molar-refractivity contribution is 8.14. The molecule has 1 N–H and O–H groups in total. The maximum atomic E-state index is 12.4. The predicted octanol–water partition coefficient (Wildman–Crippen LogP) is 3.53. The van der Waals surface area contributed by atoms with Crippen LogP contribution in [0.1, 0.15) is 22.5 Å². The van der Waals surface area contributed by atoms with Gasteiger partial charge in [-0.15, -0.1) is 0 Å². The Kier molecular flexibility index (Phi) is 5.29. The minimum Gasteiger partial charge on any atom is -0.318 e. The molecule has 1 aliphatic heterocycles. The highest BCUT2D eigenvalue weighted by atomic mass is 32.2. The molecule has 0 radical (unpaired) electrons. The average molecular weight is 364 g/mol. The third-order valence-electron chi connectivity index (χ3n) is 4.30. The van der Waals surface area contributed by atoms with Crippen molar-refractivity contribution in [2.24, 2.45) is 4.99 Å². The summed E-state index contributed by atoms with van der Waals surface area (Å²) in [6.45, 7) is 6.78. The van der Waals surface area contributed by atoms with Gasteiger partial charge in [-0.1, -0.05) is 30.0 Å². The maximum Gasteiger partial charge on any atom is 0.267 e. The first kappa shape index (κ1) is 18.0. The van der Waals surface area contributed by atoms with Gasteiger partial charge in [-0.05, 0) is 50.1 Å². The summed E-state index contributed by atoms with van der Waals surface area (Å²) >= 11 is 1.49. The summed E-state index contributed by atoms with van der Waals surface area (Å²) in [5.74, 6) is 0.444. The smallest absolute Gasteiger partial charge is 0.267 e. The van der Waals surface area contributed by atoms with Crippen LogP contribution in [0.4, 0.5) is 0 Å². The summed E-state index contributed by atoms with van der Waals surface area (Å²) < 4.78 is 2.14. The molecule has 1 aliphatic rings. The lowest BCUT2D eigenvalue weighted by atomic mass is 10.1. The SMILES string of the molecule is Cc1ccccc1-n1c(C)cc(C=C(C#N)C(=O)NC2=NCCS2)c1C. The molecule has 2 heterocycles. The van der Waals surface area contributed by atoms with Crippen molar-refractivity contribution in [3.8, 4) is 11.8 Å². The number of hydrogen-bond acceptors (Lipinski definition) is 4. The Balaban J connectivity index is 1.95. The van der Waals surface area contributed by atoms with Gasteiger partial charge in [0.1, 0.15) is 11.6 Å². The van der Waals surface area contributed by atoms with Crippen molar-refractivity contribution in [3.63, 3.8) is 0 Å². The first-order valence-corrected chi connectivity index (χ1v) is 9.35. The molecule has 3 rings (SSSR count). The zero-order chi connectivity index (χ0) is 18.7. The summed E-state index contributed by atoms with van der Waals surface area (Å²) in [5.41, 5.74) is 5.24. The summed E-state index contributed by atoms with van der Waals surface area (Å²) in [4.78, 5) is 16.6. The lowest BCUT2D eigenvalue weighted by Gasteiger charge is -2.12. The van der Waals surface area contributed by atoms with Gasteiger partial charge in [-0.3, -0.25) is 9.79 Å². The van der Waals surface area contributed by atoms with Gasteiger partial charge in [0, 0.05) is 22.8 Å². The summed E-state index contributed by atoms with van der Waals surface area (Å²) in [6.07, 6.45) is 1.65. The Bertz CT molecular complexity index is 963. The van der Waals surface area contributed by atoms with E-state index in [4.69, 9.17) is 0 Å². The van der Waals surface area contributed by atoms with Crippen molar-refractivity contribution < 1.29 is 4.79 Å². The number of thioether (sulfide) groups is 1. The zero-order valence-corrected chi connectivity index (χ0v) is 15.9. The van der Waals surface area contributed by atoms with E-state index in [0.29, 0.717) is 11.7 Å². The van der Waals surface area contributed by atoms with E-state index in [9.17, 15) is 10.1 Å². The second kappa shape index (κ2) is 7.63. The number of carbonyl (C=O) groups excluding carboxylic acids is 1. The molecular formula is C20H20N4OS. The first-order chi connectivity index (χ1) is 12.5. The van der Waals surface area contributed by atoms with Crippen LogP contribution in [-0.4, -0.2) is 27.9 Å². The molecule has 1 amide bonds. The number of aromatic nitrogens is 1. The maximum absolute atomic E-state index is 12.4. The quantitative estimate of drug-likeness (QED) is 0.669. The summed E-state index contributed by atoms with van der Waals surface area (Å²) in [7, 11) is 0. The number of amides is 1. The van der Waals surface area contributed by atoms with Crippen molar-refractivity contribution >= 4 is 28.9 Å². The molecule has 0 fully saturated rings. The summed E-state index contributed by atoms with van der Waals surface area (Å²) in [5, 5.41) is 12.7. The number of nitriles is 1. The van der Waals surface area contributed by atoms with Gasteiger partial charge in [0.25, 0.3) is 5.91 Å². The largest absolute Gasteiger partial charge is 0.318 e. The minimum absolute atomic E-state index is 0.0743. The van der Waals surface area contributed by atoms with Crippen molar-refractivity contribution in [2.75, 3.05) is 12.3 Å². The Hall–Kier alpha value is -2.78. The van der Waals surface area contributed by atoms with Crippen molar-refractivity contribution in [3.05, 3.63) is 58.4 Å². The minimum atomic E-state index is -0.415.